The van der Waals surface area contributed by atoms with Crippen LogP contribution in [0.3, 0.4) is 0 Å². The molecule has 1 aliphatic rings. The summed E-state index contributed by atoms with van der Waals surface area (Å²) in [4.78, 5) is 34.6. The van der Waals surface area contributed by atoms with Crippen molar-refractivity contribution >= 4 is 18.0 Å². The number of aliphatic hydroxyl groups excluding tert-OH is 1. The van der Waals surface area contributed by atoms with Crippen LogP contribution in [0.1, 0.15) is 24.0 Å². The number of carbonyl (C=O) groups is 3. The summed E-state index contributed by atoms with van der Waals surface area (Å²) in [7, 11) is 0. The van der Waals surface area contributed by atoms with Crippen molar-refractivity contribution < 1.29 is 29.3 Å². The van der Waals surface area contributed by atoms with Gasteiger partial charge in [-0.3, -0.25) is 4.79 Å². The monoisotopic (exact) mass is 398 g/mol. The van der Waals surface area contributed by atoms with E-state index >= 15 is 0 Å². The standard InChI is InChI=1S/C21H22N2O6/c1-12(19(25)22-10-18(24)20(26)27)23-21(28)29-11-17-15-8-4-2-6-13(15)14-7-3-5-9-16(14)17/h2-9,12,17-18,24H,10-11H2,1H3,(H,22,25)(H,23,28)(H,26,27)/t12-,18?/m0/s1. The van der Waals surface area contributed by atoms with Gasteiger partial charge in [0.25, 0.3) is 0 Å². The Morgan fingerprint density at radius 1 is 1.03 bits per heavy atom. The molecule has 0 fully saturated rings. The summed E-state index contributed by atoms with van der Waals surface area (Å²) in [6.45, 7) is 1.10. The van der Waals surface area contributed by atoms with Gasteiger partial charge in [0.1, 0.15) is 12.6 Å². The summed E-state index contributed by atoms with van der Waals surface area (Å²) >= 11 is 0. The van der Waals surface area contributed by atoms with Crippen LogP contribution in [0.25, 0.3) is 11.1 Å². The lowest BCUT2D eigenvalue weighted by atomic mass is 9.98. The second kappa shape index (κ2) is 8.74. The van der Waals surface area contributed by atoms with Gasteiger partial charge < -0.3 is 25.6 Å². The van der Waals surface area contributed by atoms with E-state index in [1.165, 1.54) is 6.92 Å². The lowest BCUT2D eigenvalue weighted by molar-refractivity contribution is -0.146. The van der Waals surface area contributed by atoms with E-state index in [2.05, 4.69) is 10.6 Å². The van der Waals surface area contributed by atoms with Crippen LogP contribution in [0.4, 0.5) is 4.79 Å². The Hall–Kier alpha value is -3.39. The molecule has 4 N–H and O–H groups in total. The molecular formula is C21H22N2O6. The molecule has 0 spiro atoms. The molecule has 0 aliphatic heterocycles. The summed E-state index contributed by atoms with van der Waals surface area (Å²) in [5, 5.41) is 22.4. The van der Waals surface area contributed by atoms with E-state index in [0.29, 0.717) is 0 Å². The number of rotatable bonds is 7. The molecule has 0 radical (unpaired) electrons. The first kappa shape index (κ1) is 20.3. The number of aliphatic hydroxyl groups is 1. The quantitative estimate of drug-likeness (QED) is 0.560. The summed E-state index contributed by atoms with van der Waals surface area (Å²) < 4.78 is 5.35. The van der Waals surface area contributed by atoms with Gasteiger partial charge in [0, 0.05) is 5.92 Å². The van der Waals surface area contributed by atoms with Crippen molar-refractivity contribution in [2.24, 2.45) is 0 Å². The lowest BCUT2D eigenvalue weighted by Crippen LogP contribution is -2.47. The van der Waals surface area contributed by atoms with Crippen LogP contribution < -0.4 is 10.6 Å². The molecule has 1 aliphatic carbocycles. The number of ether oxygens (including phenoxy) is 1. The van der Waals surface area contributed by atoms with Gasteiger partial charge in [0.05, 0.1) is 6.54 Å². The zero-order chi connectivity index (χ0) is 21.0. The van der Waals surface area contributed by atoms with Gasteiger partial charge in [-0.25, -0.2) is 9.59 Å². The molecule has 3 rings (SSSR count). The van der Waals surface area contributed by atoms with Gasteiger partial charge in [0.15, 0.2) is 6.10 Å². The highest BCUT2D eigenvalue weighted by atomic mass is 16.5. The number of hydrogen-bond donors (Lipinski definition) is 4. The smallest absolute Gasteiger partial charge is 0.407 e. The molecule has 2 aromatic rings. The maximum atomic E-state index is 12.1. The SMILES string of the molecule is C[C@H](NC(=O)OCC1c2ccccc2-c2ccccc21)C(=O)NCC(O)C(=O)O. The summed E-state index contributed by atoms with van der Waals surface area (Å²) in [5.41, 5.74) is 4.38. The second-order valence-electron chi connectivity index (χ2n) is 6.79. The molecule has 0 bridgehead atoms. The van der Waals surface area contributed by atoms with Crippen molar-refractivity contribution in [3.05, 3.63) is 59.7 Å². The Labute approximate surface area is 167 Å². The zero-order valence-electron chi connectivity index (χ0n) is 15.8. The molecule has 8 heteroatoms. The van der Waals surface area contributed by atoms with E-state index < -0.39 is 36.7 Å². The van der Waals surface area contributed by atoms with Crippen LogP contribution in [0, 0.1) is 0 Å². The van der Waals surface area contributed by atoms with Crippen LogP contribution in [0.5, 0.6) is 0 Å². The Kier molecular flexibility index (Phi) is 6.13. The Balaban J connectivity index is 1.56. The third-order valence-electron chi connectivity index (χ3n) is 4.83. The molecule has 2 amide bonds. The summed E-state index contributed by atoms with van der Waals surface area (Å²) in [5.74, 6) is -2.16. The molecule has 152 valence electrons. The largest absolute Gasteiger partial charge is 0.479 e. The van der Waals surface area contributed by atoms with Crippen LogP contribution in [0.15, 0.2) is 48.5 Å². The molecule has 8 nitrogen and oxygen atoms in total. The van der Waals surface area contributed by atoms with E-state index in [1.807, 2.05) is 48.5 Å². The molecule has 0 saturated heterocycles. The number of amides is 2. The maximum absolute atomic E-state index is 12.1. The second-order valence-corrected chi connectivity index (χ2v) is 6.79. The number of alkyl carbamates (subject to hydrolysis) is 1. The van der Waals surface area contributed by atoms with E-state index in [1.54, 1.807) is 0 Å². The number of carbonyl (C=O) groups excluding carboxylic acids is 2. The van der Waals surface area contributed by atoms with Crippen LogP contribution in [0.2, 0.25) is 0 Å². The third-order valence-corrected chi connectivity index (χ3v) is 4.83. The van der Waals surface area contributed by atoms with Gasteiger partial charge in [-0.15, -0.1) is 0 Å². The van der Waals surface area contributed by atoms with Crippen molar-refractivity contribution in [3.8, 4) is 11.1 Å². The molecule has 2 atom stereocenters. The molecule has 2 aromatic carbocycles. The van der Waals surface area contributed by atoms with Crippen molar-refractivity contribution in [1.29, 1.82) is 0 Å². The first-order chi connectivity index (χ1) is 13.9. The predicted molar refractivity (Wildman–Crippen MR) is 104 cm³/mol. The Morgan fingerprint density at radius 2 is 1.59 bits per heavy atom. The average molecular weight is 398 g/mol. The van der Waals surface area contributed by atoms with Gasteiger partial charge in [0.2, 0.25) is 5.91 Å². The highest BCUT2D eigenvalue weighted by Crippen LogP contribution is 2.44. The van der Waals surface area contributed by atoms with Gasteiger partial charge in [-0.2, -0.15) is 0 Å². The third kappa shape index (κ3) is 4.55. The first-order valence-electron chi connectivity index (χ1n) is 9.18. The van der Waals surface area contributed by atoms with Crippen molar-refractivity contribution in [2.45, 2.75) is 25.0 Å². The predicted octanol–water partition coefficient (Wildman–Crippen LogP) is 1.48. The minimum Gasteiger partial charge on any atom is -0.479 e. The lowest BCUT2D eigenvalue weighted by Gasteiger charge is -2.17. The molecular weight excluding hydrogens is 376 g/mol. The molecule has 0 heterocycles. The fourth-order valence-electron chi connectivity index (χ4n) is 3.32. The van der Waals surface area contributed by atoms with E-state index in [0.717, 1.165) is 22.3 Å². The highest BCUT2D eigenvalue weighted by molar-refractivity contribution is 5.86. The van der Waals surface area contributed by atoms with Crippen LogP contribution in [-0.4, -0.2) is 53.5 Å². The van der Waals surface area contributed by atoms with Crippen LogP contribution in [-0.2, 0) is 14.3 Å². The fraction of sp³-hybridized carbons (Fsp3) is 0.286. The molecule has 0 saturated carbocycles. The van der Waals surface area contributed by atoms with E-state index in [9.17, 15) is 19.5 Å². The minimum atomic E-state index is -1.71. The van der Waals surface area contributed by atoms with Crippen LogP contribution >= 0.6 is 0 Å². The van der Waals surface area contributed by atoms with Gasteiger partial charge >= 0.3 is 12.1 Å². The van der Waals surface area contributed by atoms with Gasteiger partial charge in [-0.1, -0.05) is 48.5 Å². The number of nitrogens with one attached hydrogen (secondary N) is 2. The number of aliphatic carboxylic acids is 1. The summed E-state index contributed by atoms with van der Waals surface area (Å²) in [6, 6.07) is 14.9. The van der Waals surface area contributed by atoms with Crippen molar-refractivity contribution in [2.75, 3.05) is 13.2 Å². The average Bonchev–Trinajstić information content (AvgIpc) is 3.04. The zero-order valence-corrected chi connectivity index (χ0v) is 15.8. The van der Waals surface area contributed by atoms with E-state index in [-0.39, 0.29) is 12.5 Å². The number of fused-ring (bicyclic) bond motifs is 3. The van der Waals surface area contributed by atoms with Crippen molar-refractivity contribution in [1.82, 2.24) is 10.6 Å². The minimum absolute atomic E-state index is 0.0944. The molecule has 1 unspecified atom stereocenters. The highest BCUT2D eigenvalue weighted by Gasteiger charge is 2.29. The summed E-state index contributed by atoms with van der Waals surface area (Å²) in [6.07, 6.45) is -2.46. The van der Waals surface area contributed by atoms with Crippen molar-refractivity contribution in [3.63, 3.8) is 0 Å². The van der Waals surface area contributed by atoms with E-state index in [4.69, 9.17) is 9.84 Å². The number of hydrogen-bond acceptors (Lipinski definition) is 5. The Morgan fingerprint density at radius 3 is 2.14 bits per heavy atom. The maximum Gasteiger partial charge on any atom is 0.407 e. The van der Waals surface area contributed by atoms with Gasteiger partial charge in [-0.05, 0) is 29.2 Å². The molecule has 29 heavy (non-hydrogen) atoms. The number of carboxylic acids is 1. The number of carboxylic acid groups (broad SMARTS) is 1. The molecule has 0 aromatic heterocycles. The fourth-order valence-corrected chi connectivity index (χ4v) is 3.32. The normalized spacial score (nSPS) is 14.3. The first-order valence-corrected chi connectivity index (χ1v) is 9.18. The topological polar surface area (TPSA) is 125 Å². The number of benzene rings is 2. The Bertz CT molecular complexity index is 883.